The summed E-state index contributed by atoms with van der Waals surface area (Å²) in [7, 11) is -3.69. The minimum atomic E-state index is -3.69. The van der Waals surface area contributed by atoms with Gasteiger partial charge in [0.25, 0.3) is 0 Å². The molecule has 0 fully saturated rings. The van der Waals surface area contributed by atoms with Gasteiger partial charge in [-0.25, -0.2) is 13.6 Å². The number of sulfonamides is 1. The Morgan fingerprint density at radius 1 is 1.11 bits per heavy atom. The fourth-order valence-corrected chi connectivity index (χ4v) is 2.61. The lowest BCUT2D eigenvalue weighted by molar-refractivity contribution is 0.482. The van der Waals surface area contributed by atoms with Gasteiger partial charge in [-0.3, -0.25) is 0 Å². The molecule has 2 aromatic rings. The number of hydrogen-bond donors (Lipinski definition) is 1. The van der Waals surface area contributed by atoms with Crippen LogP contribution in [0.1, 0.15) is 0 Å². The number of hydrogen-bond acceptors (Lipinski definition) is 3. The van der Waals surface area contributed by atoms with Gasteiger partial charge in [0.2, 0.25) is 10.0 Å². The van der Waals surface area contributed by atoms with Crippen LogP contribution in [0.5, 0.6) is 11.5 Å². The van der Waals surface area contributed by atoms with Crippen LogP contribution < -0.4 is 9.88 Å². The molecule has 0 bridgehead atoms. The van der Waals surface area contributed by atoms with E-state index in [2.05, 4.69) is 15.9 Å². The van der Waals surface area contributed by atoms with E-state index < -0.39 is 10.0 Å². The van der Waals surface area contributed by atoms with E-state index >= 15 is 0 Å². The predicted octanol–water partition coefficient (Wildman–Crippen LogP) is 3.54. The molecule has 0 heterocycles. The number of primary sulfonamides is 1. The summed E-state index contributed by atoms with van der Waals surface area (Å²) in [4.78, 5) is 0.0294. The molecule has 100 valence electrons. The Labute approximate surface area is 124 Å². The van der Waals surface area contributed by atoms with E-state index in [1.165, 1.54) is 24.3 Å². The van der Waals surface area contributed by atoms with Gasteiger partial charge in [-0.15, -0.1) is 0 Å². The molecule has 7 heteroatoms. The molecule has 0 aliphatic rings. The van der Waals surface area contributed by atoms with E-state index in [9.17, 15) is 8.42 Å². The van der Waals surface area contributed by atoms with Crippen LogP contribution in [-0.2, 0) is 10.0 Å². The number of benzene rings is 2. The van der Waals surface area contributed by atoms with Crippen molar-refractivity contribution in [1.82, 2.24) is 0 Å². The zero-order chi connectivity index (χ0) is 14.0. The zero-order valence-electron chi connectivity index (χ0n) is 9.51. The van der Waals surface area contributed by atoms with E-state index in [0.717, 1.165) is 4.47 Å². The summed E-state index contributed by atoms with van der Waals surface area (Å²) in [5.74, 6) is 0.949. The van der Waals surface area contributed by atoms with Crippen LogP contribution in [0.4, 0.5) is 0 Å². The summed E-state index contributed by atoms with van der Waals surface area (Å²) in [6, 6.07) is 11.0. The van der Waals surface area contributed by atoms with Crippen molar-refractivity contribution in [1.29, 1.82) is 0 Å². The van der Waals surface area contributed by atoms with Crippen molar-refractivity contribution in [2.75, 3.05) is 0 Å². The van der Waals surface area contributed by atoms with Gasteiger partial charge in [0, 0.05) is 4.47 Å². The Hall–Kier alpha value is -1.08. The van der Waals surface area contributed by atoms with Gasteiger partial charge in [0.05, 0.1) is 9.92 Å². The number of ether oxygens (including phenoxy) is 1. The highest BCUT2D eigenvalue weighted by molar-refractivity contribution is 9.10. The van der Waals surface area contributed by atoms with E-state index in [1.54, 1.807) is 18.2 Å². The highest BCUT2D eigenvalue weighted by Gasteiger charge is 2.08. The Bertz CT molecular complexity index is 701. The Morgan fingerprint density at radius 2 is 1.74 bits per heavy atom. The topological polar surface area (TPSA) is 69.4 Å². The van der Waals surface area contributed by atoms with Gasteiger partial charge in [-0.1, -0.05) is 27.5 Å². The summed E-state index contributed by atoms with van der Waals surface area (Å²) in [5, 5.41) is 5.45. The van der Waals surface area contributed by atoms with Crippen molar-refractivity contribution >= 4 is 37.6 Å². The van der Waals surface area contributed by atoms with Gasteiger partial charge in [-0.2, -0.15) is 0 Å². The number of nitrogens with two attached hydrogens (primary N) is 1. The predicted molar refractivity (Wildman–Crippen MR) is 77.0 cm³/mol. The first-order valence-corrected chi connectivity index (χ1v) is 7.84. The van der Waals surface area contributed by atoms with Crippen LogP contribution in [0, 0.1) is 0 Å². The molecule has 19 heavy (non-hydrogen) atoms. The molecule has 2 rings (SSSR count). The molecular weight excluding hydrogens is 354 g/mol. The lowest BCUT2D eigenvalue weighted by atomic mass is 10.3. The number of halogens is 2. The Morgan fingerprint density at radius 3 is 2.26 bits per heavy atom. The highest BCUT2D eigenvalue weighted by atomic mass is 79.9. The van der Waals surface area contributed by atoms with Gasteiger partial charge in [0.15, 0.2) is 0 Å². The summed E-state index contributed by atoms with van der Waals surface area (Å²) in [6.07, 6.45) is 0. The monoisotopic (exact) mass is 361 g/mol. The summed E-state index contributed by atoms with van der Waals surface area (Å²) in [6.45, 7) is 0. The van der Waals surface area contributed by atoms with Crippen molar-refractivity contribution in [3.8, 4) is 11.5 Å². The molecule has 0 unspecified atom stereocenters. The SMILES string of the molecule is NS(=O)(=O)c1ccc(Oc2ccc(Br)cc2Cl)cc1. The first kappa shape index (κ1) is 14.3. The molecule has 0 aliphatic carbocycles. The quantitative estimate of drug-likeness (QED) is 0.908. The molecule has 0 radical (unpaired) electrons. The fraction of sp³-hybridized carbons (Fsp3) is 0. The second kappa shape index (κ2) is 5.50. The smallest absolute Gasteiger partial charge is 0.238 e. The molecule has 0 spiro atoms. The highest BCUT2D eigenvalue weighted by Crippen LogP contribution is 2.31. The molecular formula is C12H9BrClNO3S. The summed E-state index contributed by atoms with van der Waals surface area (Å²) < 4.78 is 28.6. The molecule has 0 aliphatic heterocycles. The van der Waals surface area contributed by atoms with Crippen LogP contribution in [0.25, 0.3) is 0 Å². The first-order chi connectivity index (χ1) is 8.86. The molecule has 0 saturated heterocycles. The second-order valence-corrected chi connectivity index (χ2v) is 6.58. The van der Waals surface area contributed by atoms with Crippen molar-refractivity contribution in [3.05, 3.63) is 52.0 Å². The summed E-state index contributed by atoms with van der Waals surface area (Å²) in [5.41, 5.74) is 0. The first-order valence-electron chi connectivity index (χ1n) is 5.12. The molecule has 2 aromatic carbocycles. The normalized spacial score (nSPS) is 11.3. The molecule has 0 atom stereocenters. The molecule has 0 saturated carbocycles. The third kappa shape index (κ3) is 3.70. The lowest BCUT2D eigenvalue weighted by Gasteiger charge is -2.08. The number of rotatable bonds is 3. The van der Waals surface area contributed by atoms with Gasteiger partial charge >= 0.3 is 0 Å². The van der Waals surface area contributed by atoms with E-state index in [1.807, 2.05) is 0 Å². The standard InChI is InChI=1S/C12H9BrClNO3S/c13-8-1-6-12(11(14)7-8)18-9-2-4-10(5-3-9)19(15,16)17/h1-7H,(H2,15,16,17). The van der Waals surface area contributed by atoms with Crippen LogP contribution >= 0.6 is 27.5 Å². The molecule has 4 nitrogen and oxygen atoms in total. The van der Waals surface area contributed by atoms with Crippen LogP contribution in [0.15, 0.2) is 51.8 Å². The van der Waals surface area contributed by atoms with E-state index in [0.29, 0.717) is 16.5 Å². The van der Waals surface area contributed by atoms with Crippen molar-refractivity contribution in [2.24, 2.45) is 5.14 Å². The maximum atomic E-state index is 11.1. The van der Waals surface area contributed by atoms with Crippen molar-refractivity contribution in [3.63, 3.8) is 0 Å². The third-order valence-electron chi connectivity index (χ3n) is 2.27. The Balaban J connectivity index is 2.25. The fourth-order valence-electron chi connectivity index (χ4n) is 1.38. The average molecular weight is 363 g/mol. The van der Waals surface area contributed by atoms with Gasteiger partial charge < -0.3 is 4.74 Å². The van der Waals surface area contributed by atoms with E-state index in [-0.39, 0.29) is 4.90 Å². The average Bonchev–Trinajstić information content (AvgIpc) is 2.32. The van der Waals surface area contributed by atoms with Crippen LogP contribution in [-0.4, -0.2) is 8.42 Å². The molecule has 0 aromatic heterocycles. The minimum absolute atomic E-state index is 0.0294. The van der Waals surface area contributed by atoms with E-state index in [4.69, 9.17) is 21.5 Å². The van der Waals surface area contributed by atoms with Crippen molar-refractivity contribution < 1.29 is 13.2 Å². The molecule has 2 N–H and O–H groups in total. The third-order valence-corrected chi connectivity index (χ3v) is 3.99. The lowest BCUT2D eigenvalue weighted by Crippen LogP contribution is -2.11. The largest absolute Gasteiger partial charge is 0.456 e. The van der Waals surface area contributed by atoms with Crippen LogP contribution in [0.2, 0.25) is 5.02 Å². The zero-order valence-corrected chi connectivity index (χ0v) is 12.7. The second-order valence-electron chi connectivity index (χ2n) is 3.69. The van der Waals surface area contributed by atoms with Gasteiger partial charge in [-0.05, 0) is 42.5 Å². The van der Waals surface area contributed by atoms with Crippen LogP contribution in [0.3, 0.4) is 0 Å². The van der Waals surface area contributed by atoms with Gasteiger partial charge in [0.1, 0.15) is 11.5 Å². The minimum Gasteiger partial charge on any atom is -0.456 e. The maximum Gasteiger partial charge on any atom is 0.238 e. The summed E-state index contributed by atoms with van der Waals surface area (Å²) >= 11 is 9.30. The Kier molecular flexibility index (Phi) is 4.15. The van der Waals surface area contributed by atoms with Crippen molar-refractivity contribution in [2.45, 2.75) is 4.90 Å². The maximum absolute atomic E-state index is 11.1. The molecule has 0 amide bonds.